The Morgan fingerprint density at radius 3 is 2.44 bits per heavy atom. The van der Waals surface area contributed by atoms with Gasteiger partial charge in [-0.15, -0.1) is 0 Å². The summed E-state index contributed by atoms with van der Waals surface area (Å²) in [6.07, 6.45) is 2.38. The molecule has 0 heterocycles. The van der Waals surface area contributed by atoms with E-state index in [4.69, 9.17) is 10.8 Å². The van der Waals surface area contributed by atoms with Crippen LogP contribution < -0.4 is 5.73 Å². The number of aryl methyl sites for hydroxylation is 2. The first kappa shape index (κ1) is 12.7. The van der Waals surface area contributed by atoms with E-state index < -0.39 is 12.0 Å². The van der Waals surface area contributed by atoms with Crippen molar-refractivity contribution in [2.75, 3.05) is 0 Å². The van der Waals surface area contributed by atoms with Crippen LogP contribution in [0.25, 0.3) is 0 Å². The van der Waals surface area contributed by atoms with Crippen molar-refractivity contribution >= 4 is 5.97 Å². The van der Waals surface area contributed by atoms with E-state index in [2.05, 4.69) is 26.0 Å². The van der Waals surface area contributed by atoms with Crippen LogP contribution in [0.15, 0.2) is 18.2 Å². The van der Waals surface area contributed by atoms with Gasteiger partial charge in [0.1, 0.15) is 6.04 Å². The van der Waals surface area contributed by atoms with Crippen LogP contribution in [0.4, 0.5) is 0 Å². The third-order valence-electron chi connectivity index (χ3n) is 2.81. The van der Waals surface area contributed by atoms with E-state index in [0.717, 1.165) is 18.4 Å². The SMILES string of the molecule is CCc1ccc(CC(N)C(=O)O)cc1CC. The van der Waals surface area contributed by atoms with Crippen LogP contribution in [0, 0.1) is 0 Å². The van der Waals surface area contributed by atoms with Crippen molar-refractivity contribution in [3.63, 3.8) is 0 Å². The fourth-order valence-corrected chi connectivity index (χ4v) is 1.82. The van der Waals surface area contributed by atoms with Crippen molar-refractivity contribution in [2.45, 2.75) is 39.2 Å². The molecule has 3 N–H and O–H groups in total. The van der Waals surface area contributed by atoms with E-state index in [1.165, 1.54) is 11.1 Å². The highest BCUT2D eigenvalue weighted by Gasteiger charge is 2.12. The highest BCUT2D eigenvalue weighted by molar-refractivity contribution is 5.73. The van der Waals surface area contributed by atoms with Crippen molar-refractivity contribution in [3.8, 4) is 0 Å². The summed E-state index contributed by atoms with van der Waals surface area (Å²) in [4.78, 5) is 10.7. The minimum atomic E-state index is -0.947. The summed E-state index contributed by atoms with van der Waals surface area (Å²) in [6.45, 7) is 4.23. The smallest absolute Gasteiger partial charge is 0.320 e. The molecule has 0 spiro atoms. The normalized spacial score (nSPS) is 12.4. The first-order valence-electron chi connectivity index (χ1n) is 5.67. The van der Waals surface area contributed by atoms with Crippen molar-refractivity contribution < 1.29 is 9.90 Å². The van der Waals surface area contributed by atoms with Gasteiger partial charge in [-0.1, -0.05) is 32.0 Å². The first-order valence-corrected chi connectivity index (χ1v) is 5.67. The standard InChI is InChI=1S/C13H19NO2/c1-3-10-6-5-9(7-11(10)4-2)8-12(14)13(15)16/h5-7,12H,3-4,8,14H2,1-2H3,(H,15,16). The third-order valence-corrected chi connectivity index (χ3v) is 2.81. The second-order valence-electron chi connectivity index (χ2n) is 3.96. The highest BCUT2D eigenvalue weighted by Crippen LogP contribution is 2.14. The molecular weight excluding hydrogens is 202 g/mol. The molecule has 0 saturated carbocycles. The molecule has 3 heteroatoms. The summed E-state index contributed by atoms with van der Waals surface area (Å²) in [5.41, 5.74) is 9.13. The largest absolute Gasteiger partial charge is 0.480 e. The quantitative estimate of drug-likeness (QED) is 0.796. The fraction of sp³-hybridized carbons (Fsp3) is 0.462. The van der Waals surface area contributed by atoms with Crippen LogP contribution in [0.2, 0.25) is 0 Å². The van der Waals surface area contributed by atoms with Gasteiger partial charge in [-0.05, 0) is 36.0 Å². The molecule has 16 heavy (non-hydrogen) atoms. The van der Waals surface area contributed by atoms with E-state index in [0.29, 0.717) is 6.42 Å². The predicted octanol–water partition coefficient (Wildman–Crippen LogP) is 1.77. The summed E-state index contributed by atoms with van der Waals surface area (Å²) in [5.74, 6) is -0.947. The van der Waals surface area contributed by atoms with Crippen molar-refractivity contribution in [1.29, 1.82) is 0 Å². The maximum Gasteiger partial charge on any atom is 0.320 e. The Labute approximate surface area is 96.3 Å². The molecule has 0 bridgehead atoms. The monoisotopic (exact) mass is 221 g/mol. The van der Waals surface area contributed by atoms with E-state index in [1.54, 1.807) is 0 Å². The molecule has 1 aromatic rings. The molecule has 0 aliphatic carbocycles. The molecule has 88 valence electrons. The van der Waals surface area contributed by atoms with Gasteiger partial charge in [-0.2, -0.15) is 0 Å². The van der Waals surface area contributed by atoms with Gasteiger partial charge in [0.2, 0.25) is 0 Å². The number of aliphatic carboxylic acids is 1. The van der Waals surface area contributed by atoms with Gasteiger partial charge in [-0.3, -0.25) is 4.79 Å². The zero-order valence-corrected chi connectivity index (χ0v) is 9.86. The van der Waals surface area contributed by atoms with E-state index in [9.17, 15) is 4.79 Å². The zero-order chi connectivity index (χ0) is 12.1. The van der Waals surface area contributed by atoms with Crippen LogP contribution in [0.3, 0.4) is 0 Å². The molecule has 0 amide bonds. The lowest BCUT2D eigenvalue weighted by Crippen LogP contribution is -2.32. The molecule has 3 nitrogen and oxygen atoms in total. The number of nitrogens with two attached hydrogens (primary N) is 1. The molecule has 0 aromatic heterocycles. The number of carboxylic acids is 1. The van der Waals surface area contributed by atoms with Crippen LogP contribution in [-0.2, 0) is 24.1 Å². The second kappa shape index (κ2) is 5.66. The molecule has 0 aliphatic heterocycles. The van der Waals surface area contributed by atoms with Crippen LogP contribution in [0.5, 0.6) is 0 Å². The number of hydrogen-bond acceptors (Lipinski definition) is 2. The Bertz CT molecular complexity index is 374. The molecule has 1 atom stereocenters. The lowest BCUT2D eigenvalue weighted by molar-refractivity contribution is -0.138. The van der Waals surface area contributed by atoms with Gasteiger partial charge in [0.05, 0.1) is 0 Å². The van der Waals surface area contributed by atoms with Crippen LogP contribution >= 0.6 is 0 Å². The Kier molecular flexibility index (Phi) is 4.50. The summed E-state index contributed by atoms with van der Waals surface area (Å²) in [7, 11) is 0. The van der Waals surface area contributed by atoms with Gasteiger partial charge < -0.3 is 10.8 Å². The van der Waals surface area contributed by atoms with E-state index >= 15 is 0 Å². The minimum absolute atomic E-state index is 0.395. The zero-order valence-electron chi connectivity index (χ0n) is 9.86. The predicted molar refractivity (Wildman–Crippen MR) is 64.5 cm³/mol. The number of carbonyl (C=O) groups is 1. The van der Waals surface area contributed by atoms with E-state index in [-0.39, 0.29) is 0 Å². The summed E-state index contributed by atoms with van der Waals surface area (Å²) in [5, 5.41) is 8.75. The van der Waals surface area contributed by atoms with Crippen LogP contribution in [0.1, 0.15) is 30.5 Å². The topological polar surface area (TPSA) is 63.3 Å². The fourth-order valence-electron chi connectivity index (χ4n) is 1.82. The Balaban J connectivity index is 2.86. The second-order valence-corrected chi connectivity index (χ2v) is 3.96. The van der Waals surface area contributed by atoms with Gasteiger partial charge in [0.25, 0.3) is 0 Å². The Morgan fingerprint density at radius 2 is 1.94 bits per heavy atom. The van der Waals surface area contributed by atoms with Gasteiger partial charge in [-0.25, -0.2) is 0 Å². The summed E-state index contributed by atoms with van der Waals surface area (Å²) in [6, 6.07) is 5.31. The van der Waals surface area contributed by atoms with Gasteiger partial charge >= 0.3 is 5.97 Å². The molecule has 0 fully saturated rings. The lowest BCUT2D eigenvalue weighted by atomic mass is 9.97. The van der Waals surface area contributed by atoms with Gasteiger partial charge in [0.15, 0.2) is 0 Å². The number of hydrogen-bond donors (Lipinski definition) is 2. The minimum Gasteiger partial charge on any atom is -0.480 e. The molecule has 1 unspecified atom stereocenters. The highest BCUT2D eigenvalue weighted by atomic mass is 16.4. The molecular formula is C13H19NO2. The lowest BCUT2D eigenvalue weighted by Gasteiger charge is -2.10. The number of benzene rings is 1. The maximum absolute atomic E-state index is 10.7. The Hall–Kier alpha value is -1.35. The summed E-state index contributed by atoms with van der Waals surface area (Å²) < 4.78 is 0. The average Bonchev–Trinajstić information content (AvgIpc) is 2.28. The molecule has 0 saturated heterocycles. The molecule has 1 rings (SSSR count). The number of carboxylic acid groups (broad SMARTS) is 1. The first-order chi connectivity index (χ1) is 7.58. The number of rotatable bonds is 5. The maximum atomic E-state index is 10.7. The third kappa shape index (κ3) is 3.07. The molecule has 0 radical (unpaired) electrons. The van der Waals surface area contributed by atoms with E-state index in [1.807, 2.05) is 6.07 Å². The summed E-state index contributed by atoms with van der Waals surface area (Å²) >= 11 is 0. The van der Waals surface area contributed by atoms with Gasteiger partial charge in [0, 0.05) is 0 Å². The molecule has 0 aliphatic rings. The van der Waals surface area contributed by atoms with Crippen LogP contribution in [-0.4, -0.2) is 17.1 Å². The average molecular weight is 221 g/mol. The van der Waals surface area contributed by atoms with Crippen molar-refractivity contribution in [2.24, 2.45) is 5.73 Å². The van der Waals surface area contributed by atoms with Crippen molar-refractivity contribution in [3.05, 3.63) is 34.9 Å². The Morgan fingerprint density at radius 1 is 1.31 bits per heavy atom. The van der Waals surface area contributed by atoms with Crippen molar-refractivity contribution in [1.82, 2.24) is 0 Å². The molecule has 1 aromatic carbocycles.